The lowest BCUT2D eigenvalue weighted by molar-refractivity contribution is 0.107. The maximum Gasteiger partial charge on any atom is 0.320 e. The van der Waals surface area contributed by atoms with Crippen LogP contribution in [0.3, 0.4) is 0 Å². The van der Waals surface area contributed by atoms with E-state index in [1.165, 1.54) is 11.3 Å². The SMILES string of the molecule is C[C@H](c1cccnc1N)N(C)c1nc(OC[C@@]23CCCN2C[C@H](F)C3)nc(N2CC3(C2)SCc2sc(N)c(C#N)c23)c1C=O. The van der Waals surface area contributed by atoms with Crippen LogP contribution in [0.4, 0.5) is 26.8 Å². The highest BCUT2D eigenvalue weighted by Crippen LogP contribution is 2.58. The average Bonchev–Trinajstić information content (AvgIpc) is 3.72. The van der Waals surface area contributed by atoms with Crippen molar-refractivity contribution in [3.8, 4) is 12.1 Å². The van der Waals surface area contributed by atoms with Crippen molar-refractivity contribution in [1.82, 2.24) is 19.9 Å². The number of fused-ring (bicyclic) bond motifs is 3. The number of aromatic nitrogens is 3. The van der Waals surface area contributed by atoms with E-state index in [4.69, 9.17) is 26.2 Å². The van der Waals surface area contributed by atoms with Gasteiger partial charge in [-0.2, -0.15) is 15.2 Å². The molecule has 14 heteroatoms. The molecule has 0 radical (unpaired) electrons. The normalized spacial score (nSPS) is 24.0. The first-order valence-corrected chi connectivity index (χ1v) is 16.5. The number of alkyl halides is 1. The van der Waals surface area contributed by atoms with Crippen LogP contribution in [0.25, 0.3) is 0 Å². The maximum atomic E-state index is 14.5. The number of thiophene rings is 1. The molecule has 4 aliphatic heterocycles. The molecule has 0 amide bonds. The van der Waals surface area contributed by atoms with Gasteiger partial charge in [-0.25, -0.2) is 9.37 Å². The highest BCUT2D eigenvalue weighted by Gasteiger charge is 2.53. The van der Waals surface area contributed by atoms with Crippen molar-refractivity contribution in [1.29, 1.82) is 5.26 Å². The number of nitrogens with zero attached hydrogens (tertiary/aromatic N) is 7. The Hall–Kier alpha value is -3.67. The first kappa shape index (κ1) is 29.1. The predicted octanol–water partition coefficient (Wildman–Crippen LogP) is 3.90. The molecule has 3 aromatic rings. The number of carbonyl (C=O) groups is 1. The van der Waals surface area contributed by atoms with E-state index >= 15 is 0 Å². The van der Waals surface area contributed by atoms with Gasteiger partial charge >= 0.3 is 6.01 Å². The molecule has 3 aromatic heterocycles. The molecule has 0 bridgehead atoms. The zero-order chi connectivity index (χ0) is 30.8. The fourth-order valence-electron chi connectivity index (χ4n) is 7.37. The average molecular weight is 636 g/mol. The second-order valence-corrected chi connectivity index (χ2v) is 14.7. The van der Waals surface area contributed by atoms with E-state index in [1.54, 1.807) is 18.0 Å². The third kappa shape index (κ3) is 4.47. The first-order chi connectivity index (χ1) is 21.2. The number of pyridine rings is 1. The zero-order valence-corrected chi connectivity index (χ0v) is 26.3. The molecule has 44 heavy (non-hydrogen) atoms. The minimum atomic E-state index is -0.879. The van der Waals surface area contributed by atoms with E-state index in [-0.39, 0.29) is 28.9 Å². The Morgan fingerprint density at radius 2 is 2.18 bits per heavy atom. The quantitative estimate of drug-likeness (QED) is 0.346. The van der Waals surface area contributed by atoms with Crippen LogP contribution in [0, 0.1) is 11.3 Å². The molecule has 3 saturated heterocycles. The summed E-state index contributed by atoms with van der Waals surface area (Å²) in [5.41, 5.74) is 14.7. The molecule has 0 aromatic carbocycles. The van der Waals surface area contributed by atoms with E-state index in [1.807, 2.05) is 35.9 Å². The number of anilines is 4. The molecule has 1 spiro atoms. The van der Waals surface area contributed by atoms with Crippen LogP contribution in [-0.4, -0.2) is 77.7 Å². The van der Waals surface area contributed by atoms with E-state index in [0.29, 0.717) is 59.6 Å². The van der Waals surface area contributed by atoms with Gasteiger partial charge in [-0.15, -0.1) is 23.1 Å². The van der Waals surface area contributed by atoms with Crippen molar-refractivity contribution in [3.63, 3.8) is 0 Å². The monoisotopic (exact) mass is 635 g/mol. The van der Waals surface area contributed by atoms with Crippen molar-refractivity contribution in [2.24, 2.45) is 0 Å². The van der Waals surface area contributed by atoms with E-state index < -0.39 is 6.17 Å². The van der Waals surface area contributed by atoms with Gasteiger partial charge in [0.1, 0.15) is 41.3 Å². The molecule has 3 fully saturated rings. The molecule has 7 rings (SSSR count). The fourth-order valence-corrected chi connectivity index (χ4v) is 10.2. The van der Waals surface area contributed by atoms with Crippen LogP contribution < -0.4 is 26.0 Å². The Morgan fingerprint density at radius 1 is 1.36 bits per heavy atom. The summed E-state index contributed by atoms with van der Waals surface area (Å²) in [6.07, 6.45) is 3.83. The van der Waals surface area contributed by atoms with Gasteiger partial charge in [-0.05, 0) is 32.4 Å². The third-order valence-corrected chi connectivity index (χ3v) is 12.4. The Labute approximate surface area is 263 Å². The van der Waals surface area contributed by atoms with Crippen LogP contribution in [0.15, 0.2) is 18.3 Å². The molecule has 7 heterocycles. The summed E-state index contributed by atoms with van der Waals surface area (Å²) in [5, 5.41) is 10.4. The number of nitrogen functional groups attached to an aromatic ring is 2. The van der Waals surface area contributed by atoms with Gasteiger partial charge in [0.25, 0.3) is 0 Å². The molecule has 11 nitrogen and oxygen atoms in total. The molecule has 4 N–H and O–H groups in total. The molecule has 0 unspecified atom stereocenters. The van der Waals surface area contributed by atoms with Crippen LogP contribution in [0.1, 0.15) is 64.2 Å². The number of ether oxygens (including phenoxy) is 1. The summed E-state index contributed by atoms with van der Waals surface area (Å²) in [4.78, 5) is 33.8. The van der Waals surface area contributed by atoms with Gasteiger partial charge in [0, 0.05) is 61.1 Å². The number of nitriles is 1. The van der Waals surface area contributed by atoms with Crippen LogP contribution in [-0.2, 0) is 10.5 Å². The van der Waals surface area contributed by atoms with Gasteiger partial charge in [0.15, 0.2) is 6.29 Å². The lowest BCUT2D eigenvalue weighted by Crippen LogP contribution is -2.57. The molecule has 230 valence electrons. The highest BCUT2D eigenvalue weighted by atomic mass is 32.2. The maximum absolute atomic E-state index is 14.5. The van der Waals surface area contributed by atoms with Crippen molar-refractivity contribution in [3.05, 3.63) is 45.5 Å². The molecule has 0 aliphatic carbocycles. The summed E-state index contributed by atoms with van der Waals surface area (Å²) in [7, 11) is 1.85. The van der Waals surface area contributed by atoms with Gasteiger partial charge in [-0.3, -0.25) is 9.69 Å². The van der Waals surface area contributed by atoms with Crippen molar-refractivity contribution < 1.29 is 13.9 Å². The second-order valence-electron chi connectivity index (χ2n) is 12.2. The van der Waals surface area contributed by atoms with Crippen LogP contribution >= 0.6 is 23.1 Å². The van der Waals surface area contributed by atoms with Crippen LogP contribution in [0.2, 0.25) is 0 Å². The third-order valence-electron chi connectivity index (χ3n) is 9.72. The van der Waals surface area contributed by atoms with Gasteiger partial charge < -0.3 is 26.0 Å². The fraction of sp³-hybridized carbons (Fsp3) is 0.500. The number of aldehydes is 1. The van der Waals surface area contributed by atoms with Crippen molar-refractivity contribution in [2.75, 3.05) is 61.1 Å². The first-order valence-electron chi connectivity index (χ1n) is 14.7. The lowest BCUT2D eigenvalue weighted by Gasteiger charge is -2.49. The molecule has 4 aliphatic rings. The van der Waals surface area contributed by atoms with E-state index in [9.17, 15) is 14.4 Å². The molecular formula is C30H34FN9O2S2. The molecular weight excluding hydrogens is 602 g/mol. The number of halogens is 1. The number of hydrogen-bond donors (Lipinski definition) is 2. The summed E-state index contributed by atoms with van der Waals surface area (Å²) >= 11 is 3.28. The van der Waals surface area contributed by atoms with Crippen molar-refractivity contribution in [2.45, 2.75) is 54.4 Å². The molecule has 0 saturated carbocycles. The highest BCUT2D eigenvalue weighted by molar-refractivity contribution is 8.00. The van der Waals surface area contributed by atoms with Crippen LogP contribution in [0.5, 0.6) is 6.01 Å². The van der Waals surface area contributed by atoms with Gasteiger partial charge in [0.2, 0.25) is 0 Å². The minimum absolute atomic E-state index is 0.139. The van der Waals surface area contributed by atoms with E-state index in [2.05, 4.69) is 16.0 Å². The second kappa shape index (κ2) is 10.7. The van der Waals surface area contributed by atoms with Crippen molar-refractivity contribution >= 4 is 51.8 Å². The number of nitrogens with two attached hydrogens (primary N) is 2. The Morgan fingerprint density at radius 3 is 2.93 bits per heavy atom. The number of thioether (sulfide) groups is 1. The predicted molar refractivity (Wildman–Crippen MR) is 170 cm³/mol. The zero-order valence-electron chi connectivity index (χ0n) is 24.6. The summed E-state index contributed by atoms with van der Waals surface area (Å²) in [6.45, 7) is 4.63. The summed E-state index contributed by atoms with van der Waals surface area (Å²) in [5.74, 6) is 2.07. The Bertz CT molecular complexity index is 1670. The molecule has 3 atom stereocenters. The Kier molecular flexibility index (Phi) is 7.10. The summed E-state index contributed by atoms with van der Waals surface area (Å²) in [6, 6.07) is 5.90. The number of hydrogen-bond acceptors (Lipinski definition) is 13. The minimum Gasteiger partial charge on any atom is -0.461 e. The smallest absolute Gasteiger partial charge is 0.320 e. The standard InChI is InChI=1S/C30H34FN9O2S2/c1-17(19-5-3-7-35-24(19)33)38(2)26-21(12-41)27(37-28(36-26)42-16-29-6-4-8-40(29)11-18(31)9-29)39-14-30(15-39)23-20(10-32)25(34)44-22(23)13-43-30/h3,5,7,12,17-18H,4,6,8-9,11,13-16,34H2,1-2H3,(H2,33,35)/t17-,18-,29+/m1/s1. The van der Waals surface area contributed by atoms with Gasteiger partial charge in [0.05, 0.1) is 27.5 Å². The number of rotatable bonds is 8. The largest absolute Gasteiger partial charge is 0.461 e. The van der Waals surface area contributed by atoms with Gasteiger partial charge in [-0.1, -0.05) is 6.07 Å². The lowest BCUT2D eigenvalue weighted by atomic mass is 9.88. The number of carbonyl (C=O) groups excluding carboxylic acids is 1. The summed E-state index contributed by atoms with van der Waals surface area (Å²) < 4.78 is 20.5. The van der Waals surface area contributed by atoms with E-state index in [0.717, 1.165) is 47.4 Å². The Balaban J connectivity index is 1.24. The topological polar surface area (TPSA) is 151 Å².